The van der Waals surface area contributed by atoms with Gasteiger partial charge in [0, 0.05) is 12.4 Å². The summed E-state index contributed by atoms with van der Waals surface area (Å²) in [5, 5.41) is 12.0. The molecule has 0 aliphatic carbocycles. The summed E-state index contributed by atoms with van der Waals surface area (Å²) in [6.07, 6.45) is -2.37. The number of pyridine rings is 2. The molecule has 3 heterocycles. The molecule has 0 unspecified atom stereocenters. The SMILES string of the molecule is CC(C)[N-]C([N-]C(C)C)n1ccc(C(F)(F)F)n1.Fc1c[c-]c(-c2ccccn2)c(F)n1.[Ir+3]. The van der Waals surface area contributed by atoms with Crippen molar-refractivity contribution in [2.45, 2.75) is 52.2 Å². The normalized spacial score (nSPS) is 11.4. The Morgan fingerprint density at radius 1 is 1.00 bits per heavy atom. The minimum Gasteiger partial charge on any atom is -0.657 e. The van der Waals surface area contributed by atoms with Crippen LogP contribution in [0.4, 0.5) is 22.0 Å². The molecule has 0 aliphatic heterocycles. The van der Waals surface area contributed by atoms with Gasteiger partial charge in [0.05, 0.1) is 0 Å². The first-order valence-electron chi connectivity index (χ1n) is 9.64. The maximum atomic E-state index is 13.1. The first-order valence-corrected chi connectivity index (χ1v) is 9.64. The molecule has 0 bridgehead atoms. The Kier molecular flexibility index (Phi) is 11.2. The molecule has 0 radical (unpaired) electrons. The summed E-state index contributed by atoms with van der Waals surface area (Å²) < 4.78 is 64.1. The van der Waals surface area contributed by atoms with Gasteiger partial charge in [0.1, 0.15) is 11.9 Å². The van der Waals surface area contributed by atoms with E-state index in [0.29, 0.717) is 5.69 Å². The Bertz CT molecular complexity index is 969. The van der Waals surface area contributed by atoms with Gasteiger partial charge in [-0.1, -0.05) is 51.5 Å². The standard InChI is InChI=1S/C11H17F3N4.C10H5F2N2.Ir/c1-7(2)15-10(16-8(3)4)18-6-5-9(17-18)11(12,13)14;11-9-5-4-7(10(12)14-9)8-3-1-2-6-13-8;/h5-8,10H,1-4H3;1-3,5-6H;/q-2;-1;+3. The second kappa shape index (κ2) is 12.8. The molecule has 0 spiro atoms. The van der Waals surface area contributed by atoms with Crippen molar-refractivity contribution >= 4 is 0 Å². The molecule has 6 nitrogen and oxygen atoms in total. The Morgan fingerprint density at radius 2 is 1.64 bits per heavy atom. The van der Waals surface area contributed by atoms with Crippen LogP contribution in [0, 0.1) is 18.0 Å². The Balaban J connectivity index is 0.000000328. The average Bonchev–Trinajstić information content (AvgIpc) is 3.19. The summed E-state index contributed by atoms with van der Waals surface area (Å²) in [5.74, 6) is -1.79. The first kappa shape index (κ1) is 28.8. The second-order valence-electron chi connectivity index (χ2n) is 7.11. The molecule has 0 fully saturated rings. The summed E-state index contributed by atoms with van der Waals surface area (Å²) in [5.41, 5.74) is -0.463. The van der Waals surface area contributed by atoms with Crippen molar-refractivity contribution in [2.24, 2.45) is 0 Å². The van der Waals surface area contributed by atoms with Crippen molar-refractivity contribution in [3.05, 3.63) is 77.0 Å². The van der Waals surface area contributed by atoms with E-state index in [-0.39, 0.29) is 37.8 Å². The third-order valence-electron chi connectivity index (χ3n) is 3.67. The zero-order valence-electron chi connectivity index (χ0n) is 18.2. The van der Waals surface area contributed by atoms with Gasteiger partial charge >= 0.3 is 26.3 Å². The molecule has 3 rings (SSSR count). The van der Waals surface area contributed by atoms with E-state index < -0.39 is 30.1 Å². The number of nitrogens with zero attached hydrogens (tertiary/aromatic N) is 6. The smallest absolute Gasteiger partial charge is 0.657 e. The number of rotatable bonds is 6. The minimum atomic E-state index is -4.44. The molecule has 0 saturated carbocycles. The van der Waals surface area contributed by atoms with E-state index in [9.17, 15) is 22.0 Å². The molecule has 0 atom stereocenters. The van der Waals surface area contributed by atoms with E-state index >= 15 is 0 Å². The summed E-state index contributed by atoms with van der Waals surface area (Å²) in [4.78, 5) is 6.95. The summed E-state index contributed by atoms with van der Waals surface area (Å²) in [7, 11) is 0. The molecule has 0 amide bonds. The van der Waals surface area contributed by atoms with Crippen molar-refractivity contribution in [1.82, 2.24) is 19.7 Å². The molecule has 0 aliphatic rings. The fraction of sp³-hybridized carbons (Fsp3) is 0.381. The Labute approximate surface area is 202 Å². The van der Waals surface area contributed by atoms with Crippen LogP contribution in [0.2, 0.25) is 0 Å². The number of aromatic nitrogens is 4. The van der Waals surface area contributed by atoms with Gasteiger partial charge in [-0.3, -0.25) is 4.98 Å². The van der Waals surface area contributed by atoms with Gasteiger partial charge in [-0.25, -0.2) is 8.78 Å². The molecule has 33 heavy (non-hydrogen) atoms. The molecule has 180 valence electrons. The van der Waals surface area contributed by atoms with Gasteiger partial charge in [0.25, 0.3) is 0 Å². The quantitative estimate of drug-likeness (QED) is 0.184. The van der Waals surface area contributed by atoms with Crippen molar-refractivity contribution < 1.29 is 42.1 Å². The van der Waals surface area contributed by atoms with Crippen LogP contribution in [-0.2, 0) is 26.3 Å². The van der Waals surface area contributed by atoms with Crippen molar-refractivity contribution in [3.8, 4) is 11.3 Å². The van der Waals surface area contributed by atoms with Crippen LogP contribution in [0.5, 0.6) is 0 Å². The van der Waals surface area contributed by atoms with Crippen LogP contribution in [0.1, 0.15) is 39.7 Å². The zero-order valence-corrected chi connectivity index (χ0v) is 20.6. The van der Waals surface area contributed by atoms with Crippen LogP contribution in [-0.4, -0.2) is 31.8 Å². The van der Waals surface area contributed by atoms with Gasteiger partial charge in [-0.05, 0) is 17.8 Å². The monoisotopic (exact) mass is 646 g/mol. The van der Waals surface area contributed by atoms with E-state index in [0.717, 1.165) is 16.8 Å². The summed E-state index contributed by atoms with van der Waals surface area (Å²) in [6.45, 7) is 7.38. The van der Waals surface area contributed by atoms with Gasteiger partial charge in [-0.15, -0.1) is 24.4 Å². The topological polar surface area (TPSA) is 71.8 Å². The summed E-state index contributed by atoms with van der Waals surface area (Å²) >= 11 is 0. The van der Waals surface area contributed by atoms with Crippen molar-refractivity contribution in [2.75, 3.05) is 0 Å². The molecule has 3 aromatic rings. The predicted molar refractivity (Wildman–Crippen MR) is 109 cm³/mol. The van der Waals surface area contributed by atoms with E-state index in [1.165, 1.54) is 12.4 Å². The molecule has 12 heteroatoms. The molecule has 0 aromatic carbocycles. The van der Waals surface area contributed by atoms with E-state index in [4.69, 9.17) is 0 Å². The second-order valence-corrected chi connectivity index (χ2v) is 7.11. The maximum Gasteiger partial charge on any atom is 3.00 e. The number of alkyl halides is 3. The van der Waals surface area contributed by atoms with Gasteiger partial charge in [0.15, 0.2) is 5.69 Å². The molecule has 3 aromatic heterocycles. The van der Waals surface area contributed by atoms with Crippen LogP contribution < -0.4 is 0 Å². The fourth-order valence-corrected chi connectivity index (χ4v) is 2.39. The van der Waals surface area contributed by atoms with Crippen LogP contribution in [0.25, 0.3) is 21.9 Å². The predicted octanol–water partition coefficient (Wildman–Crippen LogP) is 6.14. The van der Waals surface area contributed by atoms with E-state index in [1.807, 2.05) is 27.7 Å². The van der Waals surface area contributed by atoms with Crippen molar-refractivity contribution in [3.63, 3.8) is 0 Å². The first-order chi connectivity index (χ1) is 15.0. The largest absolute Gasteiger partial charge is 3.00 e. The number of hydrogen-bond acceptors (Lipinski definition) is 3. The van der Waals surface area contributed by atoms with Gasteiger partial charge in [-0.2, -0.15) is 18.3 Å². The van der Waals surface area contributed by atoms with Crippen LogP contribution >= 0.6 is 0 Å². The molecule has 0 saturated heterocycles. The summed E-state index contributed by atoms with van der Waals surface area (Å²) in [6, 6.07) is 9.31. The van der Waals surface area contributed by atoms with Crippen LogP contribution in [0.15, 0.2) is 42.7 Å². The van der Waals surface area contributed by atoms with E-state index in [2.05, 4.69) is 31.8 Å². The minimum absolute atomic E-state index is 0. The van der Waals surface area contributed by atoms with Crippen LogP contribution in [0.3, 0.4) is 0 Å². The molecule has 0 N–H and O–H groups in total. The third-order valence-corrected chi connectivity index (χ3v) is 3.67. The number of halogens is 5. The fourth-order valence-electron chi connectivity index (χ4n) is 2.39. The van der Waals surface area contributed by atoms with Crippen molar-refractivity contribution in [1.29, 1.82) is 0 Å². The maximum absolute atomic E-state index is 13.1. The average molecular weight is 646 g/mol. The number of hydrogen-bond donors (Lipinski definition) is 0. The molecular weight excluding hydrogens is 623 g/mol. The van der Waals surface area contributed by atoms with Gasteiger partial charge < -0.3 is 20.3 Å². The zero-order chi connectivity index (χ0) is 23.9. The third kappa shape index (κ3) is 9.24. The Hall–Kier alpha value is -2.27. The van der Waals surface area contributed by atoms with Gasteiger partial charge in [0.2, 0.25) is 0 Å². The molecular formula is C21H22F5IrN6. The Morgan fingerprint density at radius 3 is 2.09 bits per heavy atom. The van der Waals surface area contributed by atoms with E-state index in [1.54, 1.807) is 18.2 Å².